The molecule has 0 saturated carbocycles. The summed E-state index contributed by atoms with van der Waals surface area (Å²) in [5.74, 6) is -1.25. The van der Waals surface area contributed by atoms with Crippen molar-refractivity contribution in [3.63, 3.8) is 0 Å². The van der Waals surface area contributed by atoms with Gasteiger partial charge in [0.2, 0.25) is 0 Å². The quantitative estimate of drug-likeness (QED) is 0.874. The van der Waals surface area contributed by atoms with Gasteiger partial charge in [-0.25, -0.2) is 0 Å². The molecule has 0 amide bonds. The summed E-state index contributed by atoms with van der Waals surface area (Å²) in [5.41, 5.74) is 1.95. The highest BCUT2D eigenvalue weighted by molar-refractivity contribution is 5.77. The van der Waals surface area contributed by atoms with E-state index in [4.69, 9.17) is 0 Å². The third-order valence-electron chi connectivity index (χ3n) is 3.49. The molecule has 1 N–H and O–H groups in total. The van der Waals surface area contributed by atoms with Gasteiger partial charge in [-0.2, -0.15) is 0 Å². The van der Waals surface area contributed by atoms with Gasteiger partial charge >= 0.3 is 5.97 Å². The van der Waals surface area contributed by atoms with Crippen LogP contribution in [-0.4, -0.2) is 11.1 Å². The van der Waals surface area contributed by atoms with Gasteiger partial charge in [0.25, 0.3) is 0 Å². The number of aliphatic carboxylic acids is 1. The Morgan fingerprint density at radius 1 is 0.947 bits per heavy atom. The van der Waals surface area contributed by atoms with Gasteiger partial charge in [0.15, 0.2) is 0 Å². The molecule has 2 nitrogen and oxygen atoms in total. The SMILES string of the molecule is CC[C@@H](c1ccccc1)[C@@H](C(=O)O)c1ccccc1. The number of hydrogen-bond acceptors (Lipinski definition) is 1. The molecule has 2 atom stereocenters. The highest BCUT2D eigenvalue weighted by Gasteiger charge is 2.29. The number of carboxylic acid groups (broad SMARTS) is 1. The molecule has 2 aromatic rings. The van der Waals surface area contributed by atoms with Crippen molar-refractivity contribution >= 4 is 5.97 Å². The van der Waals surface area contributed by atoms with Crippen LogP contribution in [-0.2, 0) is 4.79 Å². The van der Waals surface area contributed by atoms with Crippen LogP contribution >= 0.6 is 0 Å². The Morgan fingerprint density at radius 3 is 1.84 bits per heavy atom. The number of benzene rings is 2. The van der Waals surface area contributed by atoms with Gasteiger partial charge in [-0.1, -0.05) is 67.6 Å². The Balaban J connectivity index is 2.41. The molecule has 0 spiro atoms. The van der Waals surface area contributed by atoms with Crippen molar-refractivity contribution in [1.82, 2.24) is 0 Å². The van der Waals surface area contributed by atoms with Crippen molar-refractivity contribution in [1.29, 1.82) is 0 Å². The van der Waals surface area contributed by atoms with E-state index in [2.05, 4.69) is 0 Å². The molecule has 0 aliphatic rings. The summed E-state index contributed by atoms with van der Waals surface area (Å²) in [5, 5.41) is 9.59. The molecule has 0 heterocycles. The first kappa shape index (κ1) is 13.3. The maximum absolute atomic E-state index is 11.7. The summed E-state index contributed by atoms with van der Waals surface area (Å²) >= 11 is 0. The third kappa shape index (κ3) is 3.02. The summed E-state index contributed by atoms with van der Waals surface area (Å²) in [6.07, 6.45) is 0.801. The zero-order valence-corrected chi connectivity index (χ0v) is 11.0. The lowest BCUT2D eigenvalue weighted by molar-refractivity contribution is -0.139. The fourth-order valence-corrected chi connectivity index (χ4v) is 2.57. The predicted molar refractivity (Wildman–Crippen MR) is 76.3 cm³/mol. The Hall–Kier alpha value is -2.09. The van der Waals surface area contributed by atoms with E-state index < -0.39 is 11.9 Å². The molecule has 0 saturated heterocycles. The zero-order chi connectivity index (χ0) is 13.7. The second kappa shape index (κ2) is 6.19. The topological polar surface area (TPSA) is 37.3 Å². The largest absolute Gasteiger partial charge is 0.481 e. The highest BCUT2D eigenvalue weighted by Crippen LogP contribution is 2.35. The number of carboxylic acids is 1. The molecule has 0 radical (unpaired) electrons. The smallest absolute Gasteiger partial charge is 0.311 e. The normalized spacial score (nSPS) is 13.7. The molecule has 0 aromatic heterocycles. The molecule has 0 aliphatic heterocycles. The number of hydrogen-bond donors (Lipinski definition) is 1. The van der Waals surface area contributed by atoms with E-state index >= 15 is 0 Å². The van der Waals surface area contributed by atoms with Crippen LogP contribution in [0.1, 0.15) is 36.3 Å². The first-order chi connectivity index (χ1) is 9.24. The summed E-state index contributed by atoms with van der Waals surface area (Å²) < 4.78 is 0. The van der Waals surface area contributed by atoms with Gasteiger partial charge in [-0.3, -0.25) is 4.79 Å². The summed E-state index contributed by atoms with van der Waals surface area (Å²) in [7, 11) is 0. The minimum absolute atomic E-state index is 0.00102. The summed E-state index contributed by atoms with van der Waals surface area (Å²) in [6.45, 7) is 2.04. The summed E-state index contributed by atoms with van der Waals surface area (Å²) in [6, 6.07) is 19.4. The molecule has 0 aliphatic carbocycles. The van der Waals surface area contributed by atoms with Gasteiger partial charge in [-0.05, 0) is 17.5 Å². The van der Waals surface area contributed by atoms with Crippen molar-refractivity contribution in [2.75, 3.05) is 0 Å². The van der Waals surface area contributed by atoms with E-state index in [0.29, 0.717) is 0 Å². The first-order valence-electron chi connectivity index (χ1n) is 6.56. The second-order valence-corrected chi connectivity index (χ2v) is 4.65. The van der Waals surface area contributed by atoms with Crippen molar-refractivity contribution < 1.29 is 9.90 Å². The van der Waals surface area contributed by atoms with Gasteiger partial charge in [0, 0.05) is 5.92 Å². The summed E-state index contributed by atoms with van der Waals surface area (Å²) in [4.78, 5) is 11.7. The van der Waals surface area contributed by atoms with Crippen LogP contribution in [0, 0.1) is 0 Å². The van der Waals surface area contributed by atoms with Crippen LogP contribution in [0.25, 0.3) is 0 Å². The predicted octanol–water partition coefficient (Wildman–Crippen LogP) is 4.05. The van der Waals surface area contributed by atoms with Crippen molar-refractivity contribution in [3.05, 3.63) is 71.8 Å². The lowest BCUT2D eigenvalue weighted by Crippen LogP contribution is -2.19. The fourth-order valence-electron chi connectivity index (χ4n) is 2.57. The van der Waals surface area contributed by atoms with Crippen molar-refractivity contribution in [2.24, 2.45) is 0 Å². The van der Waals surface area contributed by atoms with E-state index in [9.17, 15) is 9.90 Å². The van der Waals surface area contributed by atoms with Crippen LogP contribution in [0.2, 0.25) is 0 Å². The van der Waals surface area contributed by atoms with E-state index in [0.717, 1.165) is 17.5 Å². The van der Waals surface area contributed by atoms with E-state index in [1.165, 1.54) is 0 Å². The van der Waals surface area contributed by atoms with E-state index in [1.54, 1.807) is 0 Å². The van der Waals surface area contributed by atoms with Crippen LogP contribution in [0.3, 0.4) is 0 Å². The molecule has 2 heteroatoms. The van der Waals surface area contributed by atoms with Crippen LogP contribution in [0.4, 0.5) is 0 Å². The van der Waals surface area contributed by atoms with Gasteiger partial charge in [-0.15, -0.1) is 0 Å². The van der Waals surface area contributed by atoms with Gasteiger partial charge in [0.1, 0.15) is 0 Å². The molecule has 0 bridgehead atoms. The highest BCUT2D eigenvalue weighted by atomic mass is 16.4. The Bertz CT molecular complexity index is 519. The molecule has 2 rings (SSSR count). The van der Waals surface area contributed by atoms with Crippen LogP contribution in [0.15, 0.2) is 60.7 Å². The minimum Gasteiger partial charge on any atom is -0.481 e. The maximum atomic E-state index is 11.7. The zero-order valence-electron chi connectivity index (χ0n) is 11.0. The Morgan fingerprint density at radius 2 is 1.42 bits per heavy atom. The minimum atomic E-state index is -0.762. The van der Waals surface area contributed by atoms with E-state index in [1.807, 2.05) is 67.6 Å². The van der Waals surface area contributed by atoms with Crippen molar-refractivity contribution in [3.8, 4) is 0 Å². The molecule has 0 unspecified atom stereocenters. The average molecular weight is 254 g/mol. The average Bonchev–Trinajstić information content (AvgIpc) is 2.46. The number of rotatable bonds is 5. The Labute approximate surface area is 113 Å². The monoisotopic (exact) mass is 254 g/mol. The standard InChI is InChI=1S/C17H18O2/c1-2-15(13-9-5-3-6-10-13)16(17(18)19)14-11-7-4-8-12-14/h3-12,15-16H,2H2,1H3,(H,18,19)/t15-,16-/m0/s1. The van der Waals surface area contributed by atoms with Gasteiger partial charge < -0.3 is 5.11 Å². The molecule has 98 valence electrons. The molecule has 2 aromatic carbocycles. The second-order valence-electron chi connectivity index (χ2n) is 4.65. The van der Waals surface area contributed by atoms with Crippen LogP contribution < -0.4 is 0 Å². The molecule has 0 fully saturated rings. The van der Waals surface area contributed by atoms with Crippen LogP contribution in [0.5, 0.6) is 0 Å². The fraction of sp³-hybridized carbons (Fsp3) is 0.235. The van der Waals surface area contributed by atoms with E-state index in [-0.39, 0.29) is 5.92 Å². The van der Waals surface area contributed by atoms with Gasteiger partial charge in [0.05, 0.1) is 5.92 Å². The third-order valence-corrected chi connectivity index (χ3v) is 3.49. The first-order valence-corrected chi connectivity index (χ1v) is 6.56. The molecular formula is C17H18O2. The van der Waals surface area contributed by atoms with Crippen molar-refractivity contribution in [2.45, 2.75) is 25.2 Å². The maximum Gasteiger partial charge on any atom is 0.311 e. The Kier molecular flexibility index (Phi) is 4.35. The lowest BCUT2D eigenvalue weighted by atomic mass is 9.80. The number of carbonyl (C=O) groups is 1. The lowest BCUT2D eigenvalue weighted by Gasteiger charge is -2.23. The molecular weight excluding hydrogens is 236 g/mol. The molecule has 19 heavy (non-hydrogen) atoms.